The quantitative estimate of drug-likeness (QED) is 0.694. The van der Waals surface area contributed by atoms with E-state index < -0.39 is 17.8 Å². The predicted octanol–water partition coefficient (Wildman–Crippen LogP) is 2.39. The molecule has 1 aromatic heterocycles. The second kappa shape index (κ2) is 8.78. The highest BCUT2D eigenvalue weighted by Gasteiger charge is 2.28. The van der Waals surface area contributed by atoms with Gasteiger partial charge in [-0.25, -0.2) is 9.59 Å². The molecule has 29 heavy (non-hydrogen) atoms. The van der Waals surface area contributed by atoms with E-state index in [4.69, 9.17) is 19.9 Å². The van der Waals surface area contributed by atoms with Gasteiger partial charge in [-0.05, 0) is 19.1 Å². The van der Waals surface area contributed by atoms with Gasteiger partial charge in [-0.2, -0.15) is 0 Å². The van der Waals surface area contributed by atoms with E-state index in [9.17, 15) is 14.4 Å². The molecule has 1 aromatic carbocycles. The van der Waals surface area contributed by atoms with Crippen molar-refractivity contribution in [2.75, 3.05) is 26.0 Å². The summed E-state index contributed by atoms with van der Waals surface area (Å²) in [7, 11) is 1.46. The standard InChI is InChI=1S/C20H20N2O6S/c1-3-26-20(25)15-13(16(18(23)22-2)29-17(15)21)10-28-19(24)12-8-11-6-4-5-7-14(11)27-9-12/h4-8H,3,9-10,21H2,1-2H3,(H,22,23). The van der Waals surface area contributed by atoms with Crippen molar-refractivity contribution in [2.24, 2.45) is 0 Å². The first kappa shape index (κ1) is 20.4. The smallest absolute Gasteiger partial charge is 0.341 e. The third-order valence-corrected chi connectivity index (χ3v) is 5.25. The molecule has 0 unspecified atom stereocenters. The fourth-order valence-electron chi connectivity index (χ4n) is 2.81. The van der Waals surface area contributed by atoms with E-state index >= 15 is 0 Å². The van der Waals surface area contributed by atoms with Crippen LogP contribution in [0.3, 0.4) is 0 Å². The van der Waals surface area contributed by atoms with E-state index in [0.717, 1.165) is 16.9 Å². The predicted molar refractivity (Wildman–Crippen MR) is 108 cm³/mol. The highest BCUT2D eigenvalue weighted by Crippen LogP contribution is 2.33. The molecular formula is C20H20N2O6S. The number of carbonyl (C=O) groups is 3. The third kappa shape index (κ3) is 4.24. The Kier molecular flexibility index (Phi) is 6.18. The third-order valence-electron chi connectivity index (χ3n) is 4.19. The average Bonchev–Trinajstić information content (AvgIpc) is 3.07. The van der Waals surface area contributed by atoms with Gasteiger partial charge in [0.2, 0.25) is 0 Å². The molecule has 1 amide bonds. The van der Waals surface area contributed by atoms with Crippen molar-refractivity contribution in [3.05, 3.63) is 51.4 Å². The lowest BCUT2D eigenvalue weighted by Gasteiger charge is -2.17. The minimum absolute atomic E-state index is 0.0440. The van der Waals surface area contributed by atoms with Gasteiger partial charge in [0, 0.05) is 18.2 Å². The number of rotatable bonds is 6. The molecule has 9 heteroatoms. The van der Waals surface area contributed by atoms with Crippen LogP contribution in [0.15, 0.2) is 29.8 Å². The normalized spacial score (nSPS) is 12.3. The van der Waals surface area contributed by atoms with E-state index in [-0.39, 0.29) is 40.8 Å². The monoisotopic (exact) mass is 416 g/mol. The van der Waals surface area contributed by atoms with Gasteiger partial charge in [-0.3, -0.25) is 4.79 Å². The fraction of sp³-hybridized carbons (Fsp3) is 0.250. The molecule has 2 aromatic rings. The number of nitrogens with one attached hydrogen (secondary N) is 1. The second-order valence-electron chi connectivity index (χ2n) is 6.02. The molecule has 0 radical (unpaired) electrons. The highest BCUT2D eigenvalue weighted by atomic mass is 32.1. The van der Waals surface area contributed by atoms with E-state index in [1.807, 2.05) is 24.3 Å². The van der Waals surface area contributed by atoms with Crippen LogP contribution in [0.5, 0.6) is 5.75 Å². The van der Waals surface area contributed by atoms with Crippen LogP contribution in [0, 0.1) is 0 Å². The summed E-state index contributed by atoms with van der Waals surface area (Å²) in [5, 5.41) is 2.61. The Labute approximate surface area is 171 Å². The average molecular weight is 416 g/mol. The van der Waals surface area contributed by atoms with Gasteiger partial charge in [0.15, 0.2) is 0 Å². The minimum atomic E-state index is -0.670. The number of hydrogen-bond acceptors (Lipinski definition) is 8. The maximum absolute atomic E-state index is 12.5. The summed E-state index contributed by atoms with van der Waals surface area (Å²) in [5.41, 5.74) is 7.29. The largest absolute Gasteiger partial charge is 0.488 e. The lowest BCUT2D eigenvalue weighted by Crippen LogP contribution is -2.21. The Hall–Kier alpha value is -3.33. The first-order valence-corrected chi connectivity index (χ1v) is 9.67. The SMILES string of the molecule is CCOC(=O)c1c(N)sc(C(=O)NC)c1COC(=O)C1=Cc2ccccc2OC1. The maximum atomic E-state index is 12.5. The van der Waals surface area contributed by atoms with Crippen molar-refractivity contribution in [2.45, 2.75) is 13.5 Å². The van der Waals surface area contributed by atoms with Crippen molar-refractivity contribution in [1.82, 2.24) is 5.32 Å². The molecule has 2 heterocycles. The molecule has 3 N–H and O–H groups in total. The number of nitrogen functional groups attached to an aromatic ring is 1. The molecule has 0 aliphatic carbocycles. The zero-order chi connectivity index (χ0) is 21.0. The Morgan fingerprint density at radius 3 is 2.69 bits per heavy atom. The van der Waals surface area contributed by atoms with E-state index in [2.05, 4.69) is 5.32 Å². The van der Waals surface area contributed by atoms with Gasteiger partial charge in [0.05, 0.1) is 12.2 Å². The van der Waals surface area contributed by atoms with Crippen LogP contribution in [0.2, 0.25) is 0 Å². The number of benzene rings is 1. The Balaban J connectivity index is 1.84. The van der Waals surface area contributed by atoms with E-state index in [1.165, 1.54) is 7.05 Å². The number of thiophene rings is 1. The van der Waals surface area contributed by atoms with Crippen LogP contribution in [0.25, 0.3) is 6.08 Å². The van der Waals surface area contributed by atoms with Gasteiger partial charge < -0.3 is 25.3 Å². The summed E-state index contributed by atoms with van der Waals surface area (Å²) in [6.45, 7) is 1.57. The van der Waals surface area contributed by atoms with Crippen molar-refractivity contribution >= 4 is 40.3 Å². The summed E-state index contributed by atoms with van der Waals surface area (Å²) in [4.78, 5) is 37.2. The molecule has 0 spiro atoms. The molecule has 0 saturated heterocycles. The lowest BCUT2D eigenvalue weighted by atomic mass is 10.1. The minimum Gasteiger partial charge on any atom is -0.488 e. The zero-order valence-corrected chi connectivity index (χ0v) is 16.8. The number of hydrogen-bond donors (Lipinski definition) is 2. The van der Waals surface area contributed by atoms with Crippen LogP contribution in [0.1, 0.15) is 38.1 Å². The summed E-state index contributed by atoms with van der Waals surface area (Å²) in [5.74, 6) is -1.03. The van der Waals surface area contributed by atoms with Crippen LogP contribution in [0.4, 0.5) is 5.00 Å². The first-order valence-electron chi connectivity index (χ1n) is 8.86. The Morgan fingerprint density at radius 2 is 1.97 bits per heavy atom. The van der Waals surface area contributed by atoms with Crippen LogP contribution in [-0.4, -0.2) is 38.1 Å². The van der Waals surface area contributed by atoms with E-state index in [0.29, 0.717) is 11.3 Å². The van der Waals surface area contributed by atoms with Gasteiger partial charge in [-0.1, -0.05) is 18.2 Å². The fourth-order valence-corrected chi connectivity index (χ4v) is 3.82. The number of anilines is 1. The van der Waals surface area contributed by atoms with Crippen LogP contribution in [-0.2, 0) is 20.9 Å². The molecule has 1 aliphatic rings. The molecule has 3 rings (SSSR count). The Bertz CT molecular complexity index is 995. The van der Waals surface area contributed by atoms with Gasteiger partial charge in [-0.15, -0.1) is 11.3 Å². The number of para-hydroxylation sites is 1. The molecule has 0 bridgehead atoms. The highest BCUT2D eigenvalue weighted by molar-refractivity contribution is 7.18. The number of carbonyl (C=O) groups excluding carboxylic acids is 3. The van der Waals surface area contributed by atoms with Crippen molar-refractivity contribution in [1.29, 1.82) is 0 Å². The zero-order valence-electron chi connectivity index (χ0n) is 15.9. The molecular weight excluding hydrogens is 396 g/mol. The van der Waals surface area contributed by atoms with Gasteiger partial charge in [0.1, 0.15) is 34.4 Å². The summed E-state index contributed by atoms with van der Waals surface area (Å²) >= 11 is 0.940. The lowest BCUT2D eigenvalue weighted by molar-refractivity contribution is -0.140. The topological polar surface area (TPSA) is 117 Å². The Morgan fingerprint density at radius 1 is 1.21 bits per heavy atom. The van der Waals surface area contributed by atoms with Gasteiger partial charge in [0.25, 0.3) is 5.91 Å². The number of amides is 1. The number of esters is 2. The molecule has 1 aliphatic heterocycles. The van der Waals surface area contributed by atoms with Crippen LogP contribution >= 0.6 is 11.3 Å². The van der Waals surface area contributed by atoms with Crippen molar-refractivity contribution in [3.63, 3.8) is 0 Å². The molecule has 8 nitrogen and oxygen atoms in total. The second-order valence-corrected chi connectivity index (χ2v) is 7.07. The maximum Gasteiger partial charge on any atom is 0.341 e. The van der Waals surface area contributed by atoms with Crippen molar-refractivity contribution < 1.29 is 28.6 Å². The molecule has 0 atom stereocenters. The van der Waals surface area contributed by atoms with E-state index in [1.54, 1.807) is 13.0 Å². The number of nitrogens with two attached hydrogens (primary N) is 1. The summed E-state index contributed by atoms with van der Waals surface area (Å²) in [6, 6.07) is 7.31. The molecule has 152 valence electrons. The molecule has 0 saturated carbocycles. The summed E-state index contributed by atoms with van der Waals surface area (Å²) < 4.78 is 16.0. The number of fused-ring (bicyclic) bond motifs is 1. The first-order chi connectivity index (χ1) is 14.0. The summed E-state index contributed by atoms with van der Waals surface area (Å²) in [6.07, 6.45) is 1.69. The number of ether oxygens (including phenoxy) is 3. The van der Waals surface area contributed by atoms with Crippen molar-refractivity contribution in [3.8, 4) is 5.75 Å². The molecule has 0 fully saturated rings. The van der Waals surface area contributed by atoms with Crippen LogP contribution < -0.4 is 15.8 Å². The van der Waals surface area contributed by atoms with Gasteiger partial charge >= 0.3 is 11.9 Å².